The Morgan fingerprint density at radius 3 is 2.62 bits per heavy atom. The smallest absolute Gasteiger partial charge is 0.257 e. The van der Waals surface area contributed by atoms with Crippen LogP contribution in [0.15, 0.2) is 48.5 Å². The number of benzene rings is 2. The predicted octanol–water partition coefficient (Wildman–Crippen LogP) is 3.25. The van der Waals surface area contributed by atoms with E-state index < -0.39 is 0 Å². The number of imidazole rings is 1. The molecule has 1 aromatic heterocycles. The Balaban J connectivity index is 1.76. The summed E-state index contributed by atoms with van der Waals surface area (Å²) in [6.07, 6.45) is 0. The number of carbonyl (C=O) groups is 1. The summed E-state index contributed by atoms with van der Waals surface area (Å²) >= 11 is 0. The van der Waals surface area contributed by atoms with Crippen molar-refractivity contribution in [3.63, 3.8) is 0 Å². The van der Waals surface area contributed by atoms with E-state index in [1.54, 1.807) is 12.1 Å². The maximum Gasteiger partial charge on any atom is 0.257 e. The molecule has 106 valence electrons. The largest absolute Gasteiger partial charge is 0.385 e. The minimum absolute atomic E-state index is 0.183. The van der Waals surface area contributed by atoms with Crippen LogP contribution in [0.25, 0.3) is 11.0 Å². The van der Waals surface area contributed by atoms with Crippen LogP contribution in [0.2, 0.25) is 0 Å². The molecule has 3 N–H and O–H groups in total. The van der Waals surface area contributed by atoms with E-state index in [0.29, 0.717) is 11.5 Å². The Hall–Kier alpha value is -2.82. The van der Waals surface area contributed by atoms with Crippen molar-refractivity contribution in [2.75, 3.05) is 17.2 Å². The number of H-pyrrole nitrogens is 1. The van der Waals surface area contributed by atoms with Gasteiger partial charge in [0.15, 0.2) is 0 Å². The quantitative estimate of drug-likeness (QED) is 0.687. The molecule has 0 bridgehead atoms. The van der Waals surface area contributed by atoms with E-state index in [0.717, 1.165) is 23.3 Å². The number of aromatic nitrogens is 2. The van der Waals surface area contributed by atoms with Crippen molar-refractivity contribution in [2.24, 2.45) is 0 Å². The summed E-state index contributed by atoms with van der Waals surface area (Å²) in [4.78, 5) is 19.6. The number of hydrogen-bond donors (Lipinski definition) is 3. The van der Waals surface area contributed by atoms with E-state index in [-0.39, 0.29) is 5.91 Å². The topological polar surface area (TPSA) is 69.8 Å². The molecule has 0 fully saturated rings. The van der Waals surface area contributed by atoms with Gasteiger partial charge in [0.1, 0.15) is 0 Å². The zero-order chi connectivity index (χ0) is 14.7. The van der Waals surface area contributed by atoms with Crippen molar-refractivity contribution >= 4 is 28.6 Å². The molecule has 0 radical (unpaired) electrons. The van der Waals surface area contributed by atoms with Gasteiger partial charge in [-0.2, -0.15) is 0 Å². The van der Waals surface area contributed by atoms with Crippen molar-refractivity contribution in [3.05, 3.63) is 54.1 Å². The molecule has 0 spiro atoms. The van der Waals surface area contributed by atoms with E-state index in [4.69, 9.17) is 0 Å². The first-order valence-corrected chi connectivity index (χ1v) is 6.86. The molecule has 2 aromatic carbocycles. The summed E-state index contributed by atoms with van der Waals surface area (Å²) in [5, 5.41) is 5.96. The van der Waals surface area contributed by atoms with Gasteiger partial charge in [0.2, 0.25) is 5.95 Å². The minimum atomic E-state index is -0.183. The van der Waals surface area contributed by atoms with Gasteiger partial charge in [0.25, 0.3) is 5.91 Å². The molecule has 5 heteroatoms. The first-order chi connectivity index (χ1) is 10.3. The molecule has 0 aliphatic rings. The fourth-order valence-electron chi connectivity index (χ4n) is 2.14. The monoisotopic (exact) mass is 280 g/mol. The Morgan fingerprint density at radius 1 is 1.14 bits per heavy atom. The summed E-state index contributed by atoms with van der Waals surface area (Å²) < 4.78 is 0. The van der Waals surface area contributed by atoms with Crippen molar-refractivity contribution in [2.45, 2.75) is 6.92 Å². The van der Waals surface area contributed by atoms with Crippen molar-refractivity contribution in [3.8, 4) is 0 Å². The van der Waals surface area contributed by atoms with Crippen LogP contribution in [-0.4, -0.2) is 22.4 Å². The molecule has 21 heavy (non-hydrogen) atoms. The summed E-state index contributed by atoms with van der Waals surface area (Å²) in [6, 6.07) is 15.0. The van der Waals surface area contributed by atoms with Crippen LogP contribution >= 0.6 is 0 Å². The Bertz CT molecular complexity index is 728. The molecule has 0 aliphatic carbocycles. The lowest BCUT2D eigenvalue weighted by Gasteiger charge is -2.05. The van der Waals surface area contributed by atoms with Gasteiger partial charge in [-0.1, -0.05) is 12.1 Å². The molecule has 0 atom stereocenters. The van der Waals surface area contributed by atoms with Crippen molar-refractivity contribution < 1.29 is 4.79 Å². The van der Waals surface area contributed by atoms with Gasteiger partial charge in [-0.3, -0.25) is 10.1 Å². The van der Waals surface area contributed by atoms with Crippen LogP contribution in [0.4, 0.5) is 11.6 Å². The van der Waals surface area contributed by atoms with Gasteiger partial charge < -0.3 is 10.3 Å². The van der Waals surface area contributed by atoms with Crippen LogP contribution in [0.1, 0.15) is 17.3 Å². The maximum atomic E-state index is 12.2. The van der Waals surface area contributed by atoms with Crippen molar-refractivity contribution in [1.82, 2.24) is 9.97 Å². The van der Waals surface area contributed by atoms with E-state index in [1.165, 1.54) is 0 Å². The first-order valence-electron chi connectivity index (χ1n) is 6.86. The molecule has 0 saturated carbocycles. The Kier molecular flexibility index (Phi) is 3.55. The van der Waals surface area contributed by atoms with Crippen LogP contribution in [0.5, 0.6) is 0 Å². The van der Waals surface area contributed by atoms with E-state index in [2.05, 4.69) is 20.6 Å². The fourth-order valence-corrected chi connectivity index (χ4v) is 2.14. The van der Waals surface area contributed by atoms with E-state index >= 15 is 0 Å². The number of rotatable bonds is 4. The molecule has 3 aromatic rings. The zero-order valence-electron chi connectivity index (χ0n) is 11.7. The highest BCUT2D eigenvalue weighted by Crippen LogP contribution is 2.15. The highest BCUT2D eigenvalue weighted by atomic mass is 16.1. The predicted molar refractivity (Wildman–Crippen MR) is 84.7 cm³/mol. The van der Waals surface area contributed by atoms with Gasteiger partial charge in [-0.15, -0.1) is 0 Å². The number of para-hydroxylation sites is 2. The summed E-state index contributed by atoms with van der Waals surface area (Å²) in [5.41, 5.74) is 3.32. The van der Waals surface area contributed by atoms with Gasteiger partial charge in [-0.25, -0.2) is 4.98 Å². The third kappa shape index (κ3) is 2.86. The standard InChI is InChI=1S/C16H16N4O/c1-2-17-12-9-7-11(8-10-12)15(21)20-16-18-13-5-3-4-6-14(13)19-16/h3-10,17H,2H2,1H3,(H2,18,19,20,21). The highest BCUT2D eigenvalue weighted by Gasteiger charge is 2.09. The zero-order valence-corrected chi connectivity index (χ0v) is 11.7. The number of carbonyl (C=O) groups excluding carboxylic acids is 1. The average Bonchev–Trinajstić information content (AvgIpc) is 2.90. The SMILES string of the molecule is CCNc1ccc(C(=O)Nc2nc3ccccc3[nH]2)cc1. The highest BCUT2D eigenvalue weighted by molar-refractivity contribution is 6.04. The third-order valence-electron chi connectivity index (χ3n) is 3.15. The fraction of sp³-hybridized carbons (Fsp3) is 0.125. The maximum absolute atomic E-state index is 12.2. The molecule has 5 nitrogen and oxygen atoms in total. The third-order valence-corrected chi connectivity index (χ3v) is 3.15. The Morgan fingerprint density at radius 2 is 1.90 bits per heavy atom. The van der Waals surface area contributed by atoms with Gasteiger partial charge >= 0.3 is 0 Å². The lowest BCUT2D eigenvalue weighted by Crippen LogP contribution is -2.12. The normalized spacial score (nSPS) is 10.5. The molecular weight excluding hydrogens is 264 g/mol. The number of hydrogen-bond acceptors (Lipinski definition) is 3. The van der Waals surface area contributed by atoms with Crippen LogP contribution in [0.3, 0.4) is 0 Å². The number of anilines is 2. The number of nitrogens with one attached hydrogen (secondary N) is 3. The second kappa shape index (κ2) is 5.66. The molecule has 0 unspecified atom stereocenters. The summed E-state index contributed by atoms with van der Waals surface area (Å²) in [7, 11) is 0. The molecule has 0 saturated heterocycles. The van der Waals surface area contributed by atoms with Crippen LogP contribution < -0.4 is 10.6 Å². The van der Waals surface area contributed by atoms with E-state index in [1.807, 2.05) is 43.3 Å². The molecule has 1 heterocycles. The number of amides is 1. The average molecular weight is 280 g/mol. The minimum Gasteiger partial charge on any atom is -0.385 e. The summed E-state index contributed by atoms with van der Waals surface area (Å²) in [5.74, 6) is 0.272. The van der Waals surface area contributed by atoms with Crippen molar-refractivity contribution in [1.29, 1.82) is 0 Å². The molecule has 3 rings (SSSR count). The lowest BCUT2D eigenvalue weighted by molar-refractivity contribution is 0.102. The summed E-state index contributed by atoms with van der Waals surface area (Å²) in [6.45, 7) is 2.88. The second-order valence-corrected chi connectivity index (χ2v) is 4.66. The van der Waals surface area contributed by atoms with Crippen LogP contribution in [0, 0.1) is 0 Å². The van der Waals surface area contributed by atoms with Gasteiger partial charge in [0, 0.05) is 17.8 Å². The number of fused-ring (bicyclic) bond motifs is 1. The number of aromatic amines is 1. The van der Waals surface area contributed by atoms with Gasteiger partial charge in [0.05, 0.1) is 11.0 Å². The Labute approximate surface area is 122 Å². The van der Waals surface area contributed by atoms with Crippen LogP contribution in [-0.2, 0) is 0 Å². The lowest BCUT2D eigenvalue weighted by atomic mass is 10.2. The van der Waals surface area contributed by atoms with Gasteiger partial charge in [-0.05, 0) is 43.3 Å². The number of nitrogens with zero attached hydrogens (tertiary/aromatic N) is 1. The molecule has 1 amide bonds. The molecular formula is C16H16N4O. The first kappa shape index (κ1) is 13.2. The molecule has 0 aliphatic heterocycles. The van der Waals surface area contributed by atoms with E-state index in [9.17, 15) is 4.79 Å². The second-order valence-electron chi connectivity index (χ2n) is 4.66.